The maximum Gasteiger partial charge on any atom is 0.259 e. The Hall–Kier alpha value is -2.88. The molecule has 34 heavy (non-hydrogen) atoms. The fraction of sp³-hybridized carbons (Fsp3) is 0.440. The number of benzene rings is 1. The third-order valence-corrected chi connectivity index (χ3v) is 6.92. The zero-order chi connectivity index (χ0) is 23.8. The van der Waals surface area contributed by atoms with Crippen LogP contribution < -0.4 is 14.8 Å². The minimum Gasteiger partial charge on any atom is -0.486 e. The highest BCUT2D eigenvalue weighted by molar-refractivity contribution is 7.14. The first kappa shape index (κ1) is 22.9. The van der Waals surface area contributed by atoms with Crippen LogP contribution in [-0.4, -0.2) is 58.9 Å². The molecule has 1 fully saturated rings. The molecule has 5 rings (SSSR count). The minimum atomic E-state index is -0.161. The van der Waals surface area contributed by atoms with Crippen LogP contribution in [0, 0.1) is 13.8 Å². The molecule has 0 spiro atoms. The molecule has 9 heteroatoms. The summed E-state index contributed by atoms with van der Waals surface area (Å²) in [6.45, 7) is 11.7. The minimum absolute atomic E-state index is 0.161. The first-order chi connectivity index (χ1) is 16.4. The summed E-state index contributed by atoms with van der Waals surface area (Å²) >= 11 is 1.45. The molecular formula is C25H30N4O4S. The summed E-state index contributed by atoms with van der Waals surface area (Å²) in [7, 11) is 0. The fourth-order valence-corrected chi connectivity index (χ4v) is 5.50. The van der Waals surface area contributed by atoms with Crippen LogP contribution in [0.5, 0.6) is 11.5 Å². The lowest BCUT2D eigenvalue weighted by Crippen LogP contribution is -2.44. The average Bonchev–Trinajstić information content (AvgIpc) is 3.35. The normalized spacial score (nSPS) is 20.4. The number of fused-ring (bicyclic) bond motifs is 1. The summed E-state index contributed by atoms with van der Waals surface area (Å²) in [5, 5.41) is 5.61. The number of aromatic nitrogens is 2. The molecule has 1 N–H and O–H groups in total. The van der Waals surface area contributed by atoms with Crippen molar-refractivity contribution in [3.05, 3.63) is 52.3 Å². The van der Waals surface area contributed by atoms with Gasteiger partial charge in [0.2, 0.25) is 0 Å². The SMILES string of the molecule is Cc1cc(C(=O)Nc2nc(CN3CC(C)OC(C)C3)cs2)c(C)n1-c1ccc2c(c1)OCCO2. The standard InChI is InChI=1S/C25H30N4O4S/c1-15-9-21(18(4)29(15)20-5-6-22-23(10-20)32-8-7-31-22)24(30)27-25-26-19(14-34-25)13-28-11-16(2)33-17(3)12-28/h5-6,9-10,14,16-17H,7-8,11-13H2,1-4H3,(H,26,27,30). The second kappa shape index (κ2) is 9.40. The third kappa shape index (κ3) is 4.68. The molecule has 1 aromatic carbocycles. The molecule has 2 aromatic heterocycles. The van der Waals surface area contributed by atoms with Crippen LogP contribution >= 0.6 is 11.3 Å². The van der Waals surface area contributed by atoms with Crippen molar-refractivity contribution in [3.63, 3.8) is 0 Å². The van der Waals surface area contributed by atoms with Crippen molar-refractivity contribution in [2.45, 2.75) is 46.4 Å². The lowest BCUT2D eigenvalue weighted by Gasteiger charge is -2.34. The van der Waals surface area contributed by atoms with Crippen molar-refractivity contribution < 1.29 is 19.0 Å². The van der Waals surface area contributed by atoms with Crippen molar-refractivity contribution in [1.29, 1.82) is 0 Å². The van der Waals surface area contributed by atoms with Gasteiger partial charge in [0.25, 0.3) is 5.91 Å². The number of hydrogen-bond donors (Lipinski definition) is 1. The van der Waals surface area contributed by atoms with Crippen molar-refractivity contribution in [1.82, 2.24) is 14.5 Å². The number of carbonyl (C=O) groups excluding carboxylic acids is 1. The van der Waals surface area contributed by atoms with E-state index in [1.165, 1.54) is 11.3 Å². The lowest BCUT2D eigenvalue weighted by atomic mass is 10.2. The van der Waals surface area contributed by atoms with E-state index in [0.717, 1.165) is 53.9 Å². The summed E-state index contributed by atoms with van der Waals surface area (Å²) in [5.41, 5.74) is 4.35. The van der Waals surface area contributed by atoms with Crippen molar-refractivity contribution in [2.75, 3.05) is 31.6 Å². The van der Waals surface area contributed by atoms with E-state index in [-0.39, 0.29) is 18.1 Å². The highest BCUT2D eigenvalue weighted by Crippen LogP contribution is 2.33. The molecule has 3 aromatic rings. The molecule has 1 saturated heterocycles. The second-order valence-corrected chi connectivity index (χ2v) is 9.86. The Morgan fingerprint density at radius 3 is 2.62 bits per heavy atom. The predicted octanol–water partition coefficient (Wildman–Crippen LogP) is 4.18. The number of nitrogens with one attached hydrogen (secondary N) is 1. The summed E-state index contributed by atoms with van der Waals surface area (Å²) in [5.74, 6) is 1.31. The number of thiazole rings is 1. The van der Waals surface area contributed by atoms with E-state index in [4.69, 9.17) is 14.2 Å². The third-order valence-electron chi connectivity index (χ3n) is 6.11. The molecule has 0 bridgehead atoms. The zero-order valence-electron chi connectivity index (χ0n) is 20.0. The van der Waals surface area contributed by atoms with Crippen LogP contribution in [-0.2, 0) is 11.3 Å². The highest BCUT2D eigenvalue weighted by Gasteiger charge is 2.23. The molecule has 8 nitrogen and oxygen atoms in total. The van der Waals surface area contributed by atoms with Crippen LogP contribution in [0.15, 0.2) is 29.6 Å². The Balaban J connectivity index is 1.30. The van der Waals surface area contributed by atoms with Crippen LogP contribution in [0.4, 0.5) is 5.13 Å². The van der Waals surface area contributed by atoms with Crippen LogP contribution in [0.25, 0.3) is 5.69 Å². The quantitative estimate of drug-likeness (QED) is 0.588. The topological polar surface area (TPSA) is 77.9 Å². The Morgan fingerprint density at radius 2 is 1.85 bits per heavy atom. The van der Waals surface area contributed by atoms with Crippen LogP contribution in [0.2, 0.25) is 0 Å². The first-order valence-corrected chi connectivity index (χ1v) is 12.5. The average molecular weight is 483 g/mol. The smallest absolute Gasteiger partial charge is 0.259 e. The van der Waals surface area contributed by atoms with Gasteiger partial charge >= 0.3 is 0 Å². The molecule has 0 radical (unpaired) electrons. The molecule has 1 amide bonds. The number of ether oxygens (including phenoxy) is 3. The summed E-state index contributed by atoms with van der Waals surface area (Å²) in [4.78, 5) is 20.1. The van der Waals surface area contributed by atoms with Gasteiger partial charge in [-0.25, -0.2) is 4.98 Å². The summed E-state index contributed by atoms with van der Waals surface area (Å²) < 4.78 is 19.2. The van der Waals surface area contributed by atoms with Crippen molar-refractivity contribution in [3.8, 4) is 17.2 Å². The molecule has 0 aliphatic carbocycles. The molecule has 2 aliphatic heterocycles. The summed E-state index contributed by atoms with van der Waals surface area (Å²) in [6.07, 6.45) is 0.428. The van der Waals surface area contributed by atoms with E-state index in [1.807, 2.05) is 43.5 Å². The van der Waals surface area contributed by atoms with Gasteiger partial charge in [0.05, 0.1) is 23.5 Å². The van der Waals surface area contributed by atoms with E-state index >= 15 is 0 Å². The van der Waals surface area contributed by atoms with Gasteiger partial charge in [-0.1, -0.05) is 0 Å². The Kier molecular flexibility index (Phi) is 6.33. The molecule has 0 saturated carbocycles. The largest absolute Gasteiger partial charge is 0.486 e. The van der Waals surface area contributed by atoms with Crippen molar-refractivity contribution in [2.24, 2.45) is 0 Å². The van der Waals surface area contributed by atoms with Gasteiger partial charge in [0.15, 0.2) is 16.6 Å². The molecule has 2 aliphatic rings. The van der Waals surface area contributed by atoms with Gasteiger partial charge in [0.1, 0.15) is 13.2 Å². The van der Waals surface area contributed by atoms with Gasteiger partial charge in [0, 0.05) is 48.2 Å². The fourth-order valence-electron chi connectivity index (χ4n) is 4.81. The van der Waals surface area contributed by atoms with E-state index in [1.54, 1.807) is 0 Å². The van der Waals surface area contributed by atoms with Gasteiger partial charge < -0.3 is 18.8 Å². The van der Waals surface area contributed by atoms with Gasteiger partial charge in [-0.15, -0.1) is 11.3 Å². The van der Waals surface area contributed by atoms with Gasteiger partial charge in [-0.3, -0.25) is 15.0 Å². The van der Waals surface area contributed by atoms with Crippen LogP contribution in [0.1, 0.15) is 41.3 Å². The number of morpholine rings is 1. The zero-order valence-corrected chi connectivity index (χ0v) is 20.8. The Bertz CT molecular complexity index is 1190. The van der Waals surface area contributed by atoms with E-state index in [0.29, 0.717) is 23.9 Å². The molecule has 2 atom stereocenters. The number of amides is 1. The summed E-state index contributed by atoms with van der Waals surface area (Å²) in [6, 6.07) is 7.76. The lowest BCUT2D eigenvalue weighted by molar-refractivity contribution is -0.0707. The van der Waals surface area contributed by atoms with E-state index < -0.39 is 0 Å². The number of carbonyl (C=O) groups is 1. The van der Waals surface area contributed by atoms with E-state index in [2.05, 4.69) is 33.6 Å². The van der Waals surface area contributed by atoms with Crippen LogP contribution in [0.3, 0.4) is 0 Å². The molecule has 4 heterocycles. The monoisotopic (exact) mass is 482 g/mol. The number of anilines is 1. The number of aryl methyl sites for hydroxylation is 1. The first-order valence-electron chi connectivity index (χ1n) is 11.6. The molecular weight excluding hydrogens is 452 g/mol. The Morgan fingerprint density at radius 1 is 1.12 bits per heavy atom. The second-order valence-electron chi connectivity index (χ2n) is 9.00. The number of nitrogens with zero attached hydrogens (tertiary/aromatic N) is 3. The molecule has 2 unspecified atom stereocenters. The molecule has 180 valence electrons. The number of rotatable bonds is 5. The van der Waals surface area contributed by atoms with Gasteiger partial charge in [-0.05, 0) is 45.9 Å². The Labute approximate surface area is 203 Å². The maximum absolute atomic E-state index is 13.1. The predicted molar refractivity (Wildman–Crippen MR) is 132 cm³/mol. The van der Waals surface area contributed by atoms with Crippen molar-refractivity contribution >= 4 is 22.4 Å². The maximum atomic E-state index is 13.1. The highest BCUT2D eigenvalue weighted by atomic mass is 32.1. The van der Waals surface area contributed by atoms with Gasteiger partial charge in [-0.2, -0.15) is 0 Å². The number of hydrogen-bond acceptors (Lipinski definition) is 7. The van der Waals surface area contributed by atoms with E-state index in [9.17, 15) is 4.79 Å².